The van der Waals surface area contributed by atoms with Crippen molar-refractivity contribution in [3.05, 3.63) is 17.8 Å². The van der Waals surface area contributed by atoms with E-state index in [1.54, 1.807) is 6.92 Å². The number of nitrogens with zero attached hydrogens (tertiary/aromatic N) is 3. The van der Waals surface area contributed by atoms with Crippen molar-refractivity contribution < 1.29 is 18.5 Å². The molecule has 2 N–H and O–H groups in total. The Kier molecular flexibility index (Phi) is 4.45. The molecule has 0 spiro atoms. The van der Waals surface area contributed by atoms with Crippen molar-refractivity contribution in [1.82, 2.24) is 14.2 Å². The predicted octanol–water partition coefficient (Wildman–Crippen LogP) is -1.99. The van der Waals surface area contributed by atoms with E-state index >= 15 is 0 Å². The number of likely N-dealkylation sites (N-methyl/N-ethyl adjacent to an activating group) is 1. The van der Waals surface area contributed by atoms with Gasteiger partial charge >= 0.3 is 7.12 Å². The van der Waals surface area contributed by atoms with Crippen LogP contribution in [0.15, 0.2) is 17.3 Å². The lowest BCUT2D eigenvalue weighted by atomic mass is 9.79. The van der Waals surface area contributed by atoms with Gasteiger partial charge in [0, 0.05) is 37.8 Å². The van der Waals surface area contributed by atoms with E-state index in [2.05, 4.69) is 9.88 Å². The molecule has 0 atom stereocenters. The Hall–Kier alpha value is -0.995. The zero-order chi connectivity index (χ0) is 14.9. The zero-order valence-electron chi connectivity index (χ0n) is 11.5. The topological polar surface area (TPSA) is 94.0 Å². The van der Waals surface area contributed by atoms with Crippen LogP contribution < -0.4 is 5.46 Å². The van der Waals surface area contributed by atoms with Crippen molar-refractivity contribution in [1.29, 1.82) is 0 Å². The number of aromatic nitrogens is 1. The second-order valence-electron chi connectivity index (χ2n) is 4.96. The van der Waals surface area contributed by atoms with Crippen LogP contribution in [0, 0.1) is 6.92 Å². The standard InChI is InChI=1S/C11H18BN3O4S/c1-9-7-11(13-8-10(9)12(16)17)20(18,19)15-5-3-14(2)4-6-15/h7-8,16-17H,3-6H2,1-2H3. The van der Waals surface area contributed by atoms with E-state index < -0.39 is 17.1 Å². The van der Waals surface area contributed by atoms with Gasteiger partial charge in [0.05, 0.1) is 0 Å². The molecule has 0 aliphatic carbocycles. The van der Waals surface area contributed by atoms with Crippen LogP contribution in [-0.4, -0.2) is 73.0 Å². The molecule has 1 aliphatic heterocycles. The maximum Gasteiger partial charge on any atom is 0.490 e. The molecule has 1 fully saturated rings. The molecule has 0 aromatic carbocycles. The lowest BCUT2D eigenvalue weighted by Crippen LogP contribution is -2.47. The van der Waals surface area contributed by atoms with Crippen LogP contribution in [0.3, 0.4) is 0 Å². The van der Waals surface area contributed by atoms with E-state index in [9.17, 15) is 8.42 Å². The summed E-state index contributed by atoms with van der Waals surface area (Å²) in [6.07, 6.45) is 1.20. The van der Waals surface area contributed by atoms with Gasteiger partial charge in [-0.3, -0.25) is 0 Å². The fourth-order valence-electron chi connectivity index (χ4n) is 2.11. The van der Waals surface area contributed by atoms with Gasteiger partial charge in [-0.15, -0.1) is 0 Å². The van der Waals surface area contributed by atoms with E-state index in [1.165, 1.54) is 16.6 Å². The van der Waals surface area contributed by atoms with Gasteiger partial charge in [0.2, 0.25) is 0 Å². The lowest BCUT2D eigenvalue weighted by Gasteiger charge is -2.31. The van der Waals surface area contributed by atoms with Crippen molar-refractivity contribution in [2.24, 2.45) is 0 Å². The highest BCUT2D eigenvalue weighted by atomic mass is 32.2. The van der Waals surface area contributed by atoms with Crippen LogP contribution >= 0.6 is 0 Å². The third-order valence-corrected chi connectivity index (χ3v) is 5.27. The Morgan fingerprint density at radius 3 is 2.35 bits per heavy atom. The van der Waals surface area contributed by atoms with Gasteiger partial charge in [0.1, 0.15) is 0 Å². The van der Waals surface area contributed by atoms with Gasteiger partial charge < -0.3 is 14.9 Å². The Bertz CT molecular complexity index is 585. The summed E-state index contributed by atoms with van der Waals surface area (Å²) in [6.45, 7) is 3.87. The number of sulfonamides is 1. The van der Waals surface area contributed by atoms with E-state index in [0.29, 0.717) is 31.7 Å². The third kappa shape index (κ3) is 3.02. The number of pyridine rings is 1. The summed E-state index contributed by atoms with van der Waals surface area (Å²) < 4.78 is 26.3. The molecule has 0 radical (unpaired) electrons. The molecule has 1 saturated heterocycles. The van der Waals surface area contributed by atoms with Gasteiger partial charge in [-0.2, -0.15) is 4.31 Å². The molecule has 20 heavy (non-hydrogen) atoms. The van der Waals surface area contributed by atoms with Crippen molar-refractivity contribution in [2.45, 2.75) is 11.9 Å². The number of piperazine rings is 1. The molecule has 0 amide bonds. The summed E-state index contributed by atoms with van der Waals surface area (Å²) in [6, 6.07) is 1.38. The van der Waals surface area contributed by atoms with Gasteiger partial charge in [-0.05, 0) is 25.6 Å². The maximum atomic E-state index is 12.4. The molecule has 1 aromatic heterocycles. The molecule has 7 nitrogen and oxygen atoms in total. The SMILES string of the molecule is Cc1cc(S(=O)(=O)N2CCN(C)CC2)ncc1B(O)O. The van der Waals surface area contributed by atoms with E-state index in [1.807, 2.05) is 7.05 Å². The average Bonchev–Trinajstić information content (AvgIpc) is 2.38. The Labute approximate surface area is 119 Å². The minimum Gasteiger partial charge on any atom is -0.423 e. The average molecular weight is 299 g/mol. The first-order valence-corrected chi connectivity index (χ1v) is 7.78. The Balaban J connectivity index is 2.28. The highest BCUT2D eigenvalue weighted by Crippen LogP contribution is 2.15. The summed E-state index contributed by atoms with van der Waals surface area (Å²) in [5.74, 6) is 0. The molecule has 2 rings (SSSR count). The molecular weight excluding hydrogens is 281 g/mol. The molecule has 0 unspecified atom stereocenters. The van der Waals surface area contributed by atoms with Crippen molar-refractivity contribution in [3.63, 3.8) is 0 Å². The van der Waals surface area contributed by atoms with Crippen LogP contribution in [0.25, 0.3) is 0 Å². The summed E-state index contributed by atoms with van der Waals surface area (Å²) in [5, 5.41) is 18.2. The van der Waals surface area contributed by atoms with E-state index in [-0.39, 0.29) is 10.5 Å². The second kappa shape index (κ2) is 5.78. The molecule has 1 aliphatic rings. The fourth-order valence-corrected chi connectivity index (χ4v) is 3.53. The van der Waals surface area contributed by atoms with Gasteiger partial charge in [0.15, 0.2) is 5.03 Å². The van der Waals surface area contributed by atoms with Crippen LogP contribution in [-0.2, 0) is 10.0 Å². The predicted molar refractivity (Wildman–Crippen MR) is 75.1 cm³/mol. The summed E-state index contributed by atoms with van der Waals surface area (Å²) in [5.41, 5.74) is 0.699. The maximum absolute atomic E-state index is 12.4. The molecular formula is C11H18BN3O4S. The van der Waals surface area contributed by atoms with Crippen LogP contribution in [0.5, 0.6) is 0 Å². The number of aryl methyl sites for hydroxylation is 1. The van der Waals surface area contributed by atoms with Crippen molar-refractivity contribution in [2.75, 3.05) is 33.2 Å². The van der Waals surface area contributed by atoms with E-state index in [4.69, 9.17) is 10.0 Å². The van der Waals surface area contributed by atoms with Gasteiger partial charge in [-0.25, -0.2) is 13.4 Å². The quantitative estimate of drug-likeness (QED) is 0.627. The highest BCUT2D eigenvalue weighted by molar-refractivity contribution is 7.89. The van der Waals surface area contributed by atoms with Crippen LogP contribution in [0.2, 0.25) is 0 Å². The molecule has 1 aromatic rings. The minimum absolute atomic E-state index is 0.0519. The first-order valence-electron chi connectivity index (χ1n) is 6.34. The van der Waals surface area contributed by atoms with E-state index in [0.717, 1.165) is 0 Å². The van der Waals surface area contributed by atoms with Gasteiger partial charge in [-0.1, -0.05) is 0 Å². The number of hydrogen-bond acceptors (Lipinski definition) is 6. The Morgan fingerprint density at radius 2 is 1.85 bits per heavy atom. The molecule has 2 heterocycles. The van der Waals surface area contributed by atoms with Gasteiger partial charge in [0.25, 0.3) is 10.0 Å². The summed E-state index contributed by atoms with van der Waals surface area (Å²) in [7, 11) is -3.32. The zero-order valence-corrected chi connectivity index (χ0v) is 12.3. The van der Waals surface area contributed by atoms with Crippen molar-refractivity contribution >= 4 is 22.6 Å². The van der Waals surface area contributed by atoms with Crippen LogP contribution in [0.4, 0.5) is 0 Å². The number of rotatable bonds is 3. The smallest absolute Gasteiger partial charge is 0.423 e. The monoisotopic (exact) mass is 299 g/mol. The number of hydrogen-bond donors (Lipinski definition) is 2. The second-order valence-corrected chi connectivity index (χ2v) is 6.84. The molecule has 0 saturated carbocycles. The normalized spacial score (nSPS) is 18.2. The largest absolute Gasteiger partial charge is 0.490 e. The van der Waals surface area contributed by atoms with Crippen molar-refractivity contribution in [3.8, 4) is 0 Å². The Morgan fingerprint density at radius 1 is 1.25 bits per heavy atom. The first-order chi connectivity index (χ1) is 9.32. The lowest BCUT2D eigenvalue weighted by molar-refractivity contribution is 0.222. The summed E-state index contributed by atoms with van der Waals surface area (Å²) >= 11 is 0. The molecule has 0 bridgehead atoms. The molecule has 9 heteroatoms. The van der Waals surface area contributed by atoms with Crippen LogP contribution in [0.1, 0.15) is 5.56 Å². The third-order valence-electron chi connectivity index (χ3n) is 3.47. The summed E-state index contributed by atoms with van der Waals surface area (Å²) in [4.78, 5) is 5.93. The fraction of sp³-hybridized carbons (Fsp3) is 0.545. The minimum atomic E-state index is -3.62. The first kappa shape index (κ1) is 15.4. The highest BCUT2D eigenvalue weighted by Gasteiger charge is 2.29. The molecule has 110 valence electrons.